The zero-order valence-corrected chi connectivity index (χ0v) is 14.6. The van der Waals surface area contributed by atoms with Gasteiger partial charge in [-0.05, 0) is 31.4 Å². The number of ether oxygens (including phenoxy) is 1. The molecular formula is C17H25NO4S. The van der Waals surface area contributed by atoms with Crippen LogP contribution in [0.4, 0.5) is 0 Å². The summed E-state index contributed by atoms with van der Waals surface area (Å²) in [5.41, 5.74) is 0.982. The highest BCUT2D eigenvalue weighted by Crippen LogP contribution is 2.28. The van der Waals surface area contributed by atoms with Gasteiger partial charge in [-0.3, -0.25) is 4.79 Å². The van der Waals surface area contributed by atoms with Crippen molar-refractivity contribution in [2.24, 2.45) is 5.92 Å². The van der Waals surface area contributed by atoms with Gasteiger partial charge in [0.25, 0.3) is 0 Å². The van der Waals surface area contributed by atoms with E-state index in [1.54, 1.807) is 24.3 Å². The summed E-state index contributed by atoms with van der Waals surface area (Å²) < 4.78 is 32.3. The van der Waals surface area contributed by atoms with Crippen LogP contribution in [-0.2, 0) is 19.6 Å². The zero-order valence-electron chi connectivity index (χ0n) is 13.7. The third-order valence-electron chi connectivity index (χ3n) is 4.41. The molecule has 1 saturated carbocycles. The van der Waals surface area contributed by atoms with Gasteiger partial charge in [0.2, 0.25) is 10.0 Å². The number of aryl methyl sites for hydroxylation is 1. The fraction of sp³-hybridized carbons (Fsp3) is 0.588. The number of hydrogen-bond donors (Lipinski definition) is 1. The molecule has 1 N–H and O–H groups in total. The Balaban J connectivity index is 2.12. The lowest BCUT2D eigenvalue weighted by Gasteiger charge is -2.25. The first-order chi connectivity index (χ1) is 10.9. The van der Waals surface area contributed by atoms with Crippen molar-refractivity contribution in [1.29, 1.82) is 0 Å². The molecule has 2 rings (SSSR count). The van der Waals surface area contributed by atoms with Gasteiger partial charge in [0.1, 0.15) is 6.04 Å². The van der Waals surface area contributed by atoms with Crippen LogP contribution in [0.2, 0.25) is 0 Å². The molecule has 128 valence electrons. The molecule has 0 bridgehead atoms. The minimum absolute atomic E-state index is 0.167. The van der Waals surface area contributed by atoms with Crippen LogP contribution in [0.1, 0.15) is 44.1 Å². The van der Waals surface area contributed by atoms with E-state index in [0.29, 0.717) is 12.3 Å². The van der Waals surface area contributed by atoms with Crippen molar-refractivity contribution in [3.63, 3.8) is 0 Å². The molecule has 0 saturated heterocycles. The van der Waals surface area contributed by atoms with Gasteiger partial charge in [-0.25, -0.2) is 8.42 Å². The first-order valence-electron chi connectivity index (χ1n) is 8.09. The molecule has 1 aromatic rings. The van der Waals surface area contributed by atoms with Gasteiger partial charge in [0, 0.05) is 0 Å². The Kier molecular flexibility index (Phi) is 6.18. The van der Waals surface area contributed by atoms with Crippen molar-refractivity contribution >= 4 is 16.0 Å². The molecule has 1 fully saturated rings. The number of hydrogen-bond acceptors (Lipinski definition) is 4. The Morgan fingerprint density at radius 1 is 1.22 bits per heavy atom. The molecule has 1 aliphatic rings. The summed E-state index contributed by atoms with van der Waals surface area (Å²) in [6.45, 7) is 1.89. The van der Waals surface area contributed by atoms with Crippen molar-refractivity contribution in [3.8, 4) is 0 Å². The molecule has 0 radical (unpaired) electrons. The third-order valence-corrected chi connectivity index (χ3v) is 5.90. The second-order valence-electron chi connectivity index (χ2n) is 6.25. The Morgan fingerprint density at radius 2 is 1.83 bits per heavy atom. The Morgan fingerprint density at radius 3 is 2.39 bits per heavy atom. The van der Waals surface area contributed by atoms with Gasteiger partial charge in [-0.15, -0.1) is 0 Å². The van der Waals surface area contributed by atoms with Gasteiger partial charge in [0.05, 0.1) is 12.0 Å². The van der Waals surface area contributed by atoms with Crippen molar-refractivity contribution in [2.75, 3.05) is 7.11 Å². The maximum absolute atomic E-state index is 12.5. The number of methoxy groups -OCH3 is 1. The molecule has 1 aromatic carbocycles. The smallest absolute Gasteiger partial charge is 0.323 e. The van der Waals surface area contributed by atoms with Crippen molar-refractivity contribution in [1.82, 2.24) is 4.72 Å². The van der Waals surface area contributed by atoms with E-state index in [4.69, 9.17) is 4.74 Å². The average molecular weight is 339 g/mol. The molecule has 0 aliphatic heterocycles. The normalized spacial score (nSPS) is 17.7. The number of benzene rings is 1. The van der Waals surface area contributed by atoms with Gasteiger partial charge in [0.15, 0.2) is 0 Å². The molecule has 6 heteroatoms. The largest absolute Gasteiger partial charge is 0.468 e. The lowest BCUT2D eigenvalue weighted by Crippen LogP contribution is -2.42. The summed E-state index contributed by atoms with van der Waals surface area (Å²) in [5, 5.41) is 0. The van der Waals surface area contributed by atoms with Crippen LogP contribution in [0, 0.1) is 12.8 Å². The molecule has 1 atom stereocenters. The Labute approximate surface area is 138 Å². The summed E-state index contributed by atoms with van der Waals surface area (Å²) >= 11 is 0. The molecule has 5 nitrogen and oxygen atoms in total. The topological polar surface area (TPSA) is 72.5 Å². The highest BCUT2D eigenvalue weighted by atomic mass is 32.2. The van der Waals surface area contributed by atoms with Crippen LogP contribution in [0.25, 0.3) is 0 Å². The third kappa shape index (κ3) is 5.04. The fourth-order valence-electron chi connectivity index (χ4n) is 3.06. The van der Waals surface area contributed by atoms with E-state index in [0.717, 1.165) is 31.2 Å². The number of rotatable bonds is 6. The van der Waals surface area contributed by atoms with E-state index in [9.17, 15) is 13.2 Å². The van der Waals surface area contributed by atoms with Crippen molar-refractivity contribution < 1.29 is 17.9 Å². The number of sulfonamides is 1. The van der Waals surface area contributed by atoms with E-state index in [1.165, 1.54) is 13.5 Å². The number of carbonyl (C=O) groups is 1. The number of esters is 1. The number of carbonyl (C=O) groups excluding carboxylic acids is 1. The highest BCUT2D eigenvalue weighted by molar-refractivity contribution is 7.89. The highest BCUT2D eigenvalue weighted by Gasteiger charge is 2.29. The second kappa shape index (κ2) is 7.93. The summed E-state index contributed by atoms with van der Waals surface area (Å²) in [6.07, 6.45) is 6.08. The lowest BCUT2D eigenvalue weighted by molar-refractivity contribution is -0.143. The maximum atomic E-state index is 12.5. The van der Waals surface area contributed by atoms with E-state index in [1.807, 2.05) is 6.92 Å². The van der Waals surface area contributed by atoms with E-state index < -0.39 is 22.0 Å². The van der Waals surface area contributed by atoms with Crippen LogP contribution in [0.5, 0.6) is 0 Å². The molecule has 0 heterocycles. The summed E-state index contributed by atoms with van der Waals surface area (Å²) in [7, 11) is -2.44. The fourth-order valence-corrected chi connectivity index (χ4v) is 4.26. The zero-order chi connectivity index (χ0) is 16.9. The monoisotopic (exact) mass is 339 g/mol. The summed E-state index contributed by atoms with van der Waals surface area (Å²) in [5.74, 6) is -0.153. The molecule has 0 aromatic heterocycles. The van der Waals surface area contributed by atoms with Crippen LogP contribution in [0.15, 0.2) is 29.2 Å². The van der Waals surface area contributed by atoms with E-state index in [2.05, 4.69) is 4.72 Å². The van der Waals surface area contributed by atoms with Gasteiger partial charge in [-0.2, -0.15) is 4.72 Å². The Hall–Kier alpha value is -1.40. The van der Waals surface area contributed by atoms with Gasteiger partial charge < -0.3 is 4.74 Å². The standard InChI is InChI=1S/C17H25NO4S/c1-13-8-10-15(11-9-13)23(20,21)18-16(17(19)22-2)12-14-6-4-3-5-7-14/h8-11,14,16,18H,3-7,12H2,1-2H3. The first kappa shape index (κ1) is 17.9. The lowest BCUT2D eigenvalue weighted by atomic mass is 9.85. The van der Waals surface area contributed by atoms with Crippen LogP contribution in [-0.4, -0.2) is 27.5 Å². The van der Waals surface area contributed by atoms with Gasteiger partial charge in [-0.1, -0.05) is 49.8 Å². The van der Waals surface area contributed by atoms with Gasteiger partial charge >= 0.3 is 5.97 Å². The minimum Gasteiger partial charge on any atom is -0.468 e. The Bertz CT molecular complexity index is 618. The molecule has 1 aliphatic carbocycles. The van der Waals surface area contributed by atoms with E-state index in [-0.39, 0.29) is 4.90 Å². The quantitative estimate of drug-likeness (QED) is 0.809. The minimum atomic E-state index is -3.73. The van der Waals surface area contributed by atoms with Crippen LogP contribution in [0.3, 0.4) is 0 Å². The van der Waals surface area contributed by atoms with Crippen LogP contribution < -0.4 is 4.72 Å². The number of nitrogens with one attached hydrogen (secondary N) is 1. The van der Waals surface area contributed by atoms with E-state index >= 15 is 0 Å². The van der Waals surface area contributed by atoms with Crippen LogP contribution >= 0.6 is 0 Å². The maximum Gasteiger partial charge on any atom is 0.323 e. The average Bonchev–Trinajstić information content (AvgIpc) is 2.54. The summed E-state index contributed by atoms with van der Waals surface area (Å²) in [6, 6.07) is 5.75. The first-order valence-corrected chi connectivity index (χ1v) is 9.57. The van der Waals surface area contributed by atoms with Crippen molar-refractivity contribution in [2.45, 2.75) is 56.4 Å². The second-order valence-corrected chi connectivity index (χ2v) is 7.96. The SMILES string of the molecule is COC(=O)C(CC1CCCCC1)NS(=O)(=O)c1ccc(C)cc1. The molecule has 0 spiro atoms. The van der Waals surface area contributed by atoms with Crippen molar-refractivity contribution in [3.05, 3.63) is 29.8 Å². The molecule has 0 amide bonds. The molecule has 1 unspecified atom stereocenters. The molecular weight excluding hydrogens is 314 g/mol. The summed E-state index contributed by atoms with van der Waals surface area (Å²) in [4.78, 5) is 12.2. The predicted molar refractivity (Wildman–Crippen MR) is 88.5 cm³/mol. The predicted octanol–water partition coefficient (Wildman–Crippen LogP) is 2.79. The molecule has 23 heavy (non-hydrogen) atoms.